The number of nitrogens with one attached hydrogen (secondary N) is 1. The van der Waals surface area contributed by atoms with Crippen molar-refractivity contribution in [1.82, 2.24) is 15.1 Å². The van der Waals surface area contributed by atoms with Crippen molar-refractivity contribution in [3.63, 3.8) is 0 Å². The molecule has 4 heteroatoms. The quantitative estimate of drug-likeness (QED) is 0.892. The van der Waals surface area contributed by atoms with Gasteiger partial charge in [-0.3, -0.25) is 9.80 Å². The SMILES string of the molecule is CNC1c2ccccc2OCC1N1CCN2CCCC2C1. The lowest BCUT2D eigenvalue weighted by Crippen LogP contribution is -2.58. The molecule has 4 rings (SSSR count). The van der Waals surface area contributed by atoms with Crippen LogP contribution in [-0.2, 0) is 0 Å². The van der Waals surface area contributed by atoms with Crippen LogP contribution in [0.2, 0.25) is 0 Å². The van der Waals surface area contributed by atoms with Gasteiger partial charge < -0.3 is 10.1 Å². The second-order valence-electron chi connectivity index (χ2n) is 6.51. The Morgan fingerprint density at radius 1 is 1.14 bits per heavy atom. The summed E-state index contributed by atoms with van der Waals surface area (Å²) in [5.41, 5.74) is 1.31. The average molecular weight is 287 g/mol. The van der Waals surface area contributed by atoms with Crippen LogP contribution in [-0.4, -0.2) is 61.7 Å². The van der Waals surface area contributed by atoms with Crippen LogP contribution in [0.25, 0.3) is 0 Å². The summed E-state index contributed by atoms with van der Waals surface area (Å²) in [6, 6.07) is 10.1. The summed E-state index contributed by atoms with van der Waals surface area (Å²) in [6.45, 7) is 5.70. The lowest BCUT2D eigenvalue weighted by molar-refractivity contribution is 0.0276. The highest BCUT2D eigenvalue weighted by atomic mass is 16.5. The van der Waals surface area contributed by atoms with Crippen molar-refractivity contribution in [3.05, 3.63) is 29.8 Å². The molecule has 2 saturated heterocycles. The first-order chi connectivity index (χ1) is 10.4. The standard InChI is InChI=1S/C17H25N3O/c1-18-17-14-6-2-3-7-16(14)21-12-15(17)20-10-9-19-8-4-5-13(19)11-20/h2-3,6-7,13,15,17-18H,4-5,8-12H2,1H3. The molecule has 4 nitrogen and oxygen atoms in total. The third-order valence-corrected chi connectivity index (χ3v) is 5.45. The molecule has 0 spiro atoms. The Hall–Kier alpha value is -1.10. The van der Waals surface area contributed by atoms with E-state index in [0.717, 1.165) is 18.4 Å². The minimum Gasteiger partial charge on any atom is -0.492 e. The van der Waals surface area contributed by atoms with Crippen molar-refractivity contribution < 1.29 is 4.74 Å². The predicted molar refractivity (Wildman–Crippen MR) is 83.7 cm³/mol. The largest absolute Gasteiger partial charge is 0.492 e. The van der Waals surface area contributed by atoms with Gasteiger partial charge in [-0.25, -0.2) is 0 Å². The highest BCUT2D eigenvalue weighted by Gasteiger charge is 2.39. The third kappa shape index (κ3) is 2.35. The Kier molecular flexibility index (Phi) is 3.61. The summed E-state index contributed by atoms with van der Waals surface area (Å²) in [6.07, 6.45) is 2.74. The molecular formula is C17H25N3O. The molecule has 0 amide bonds. The molecule has 3 aliphatic rings. The third-order valence-electron chi connectivity index (χ3n) is 5.45. The number of piperazine rings is 1. The van der Waals surface area contributed by atoms with Crippen LogP contribution >= 0.6 is 0 Å². The van der Waals surface area contributed by atoms with E-state index in [1.807, 2.05) is 0 Å². The van der Waals surface area contributed by atoms with Crippen molar-refractivity contribution in [1.29, 1.82) is 0 Å². The minimum atomic E-state index is 0.378. The number of ether oxygens (including phenoxy) is 1. The van der Waals surface area contributed by atoms with Gasteiger partial charge in [-0.05, 0) is 32.5 Å². The molecule has 0 bridgehead atoms. The predicted octanol–water partition coefficient (Wildman–Crippen LogP) is 1.49. The van der Waals surface area contributed by atoms with Crippen molar-refractivity contribution >= 4 is 0 Å². The molecule has 1 N–H and O–H groups in total. The van der Waals surface area contributed by atoms with Crippen LogP contribution in [0.3, 0.4) is 0 Å². The van der Waals surface area contributed by atoms with Crippen LogP contribution in [0.1, 0.15) is 24.4 Å². The molecule has 0 aliphatic carbocycles. The number of nitrogens with zero attached hydrogens (tertiary/aromatic N) is 2. The summed E-state index contributed by atoms with van der Waals surface area (Å²) in [5, 5.41) is 3.53. The summed E-state index contributed by atoms with van der Waals surface area (Å²) in [5.74, 6) is 1.05. The lowest BCUT2D eigenvalue weighted by Gasteiger charge is -2.45. The van der Waals surface area contributed by atoms with Gasteiger partial charge in [-0.15, -0.1) is 0 Å². The molecule has 2 fully saturated rings. The molecule has 21 heavy (non-hydrogen) atoms. The molecule has 1 aromatic carbocycles. The van der Waals surface area contributed by atoms with Crippen molar-refractivity contribution in [2.24, 2.45) is 0 Å². The van der Waals surface area contributed by atoms with E-state index in [1.165, 1.54) is 44.6 Å². The number of rotatable bonds is 2. The Labute approximate surface area is 127 Å². The number of benzene rings is 1. The lowest BCUT2D eigenvalue weighted by atomic mass is 9.94. The molecule has 0 saturated carbocycles. The Balaban J connectivity index is 1.55. The number of likely N-dealkylation sites (N-methyl/N-ethyl adjacent to an activating group) is 1. The minimum absolute atomic E-state index is 0.378. The van der Waals surface area contributed by atoms with E-state index < -0.39 is 0 Å². The highest BCUT2D eigenvalue weighted by molar-refractivity contribution is 5.38. The van der Waals surface area contributed by atoms with Crippen molar-refractivity contribution in [3.8, 4) is 5.75 Å². The van der Waals surface area contributed by atoms with Crippen LogP contribution in [0.5, 0.6) is 5.75 Å². The zero-order chi connectivity index (χ0) is 14.2. The first kappa shape index (κ1) is 13.6. The maximum absolute atomic E-state index is 6.04. The Bertz CT molecular complexity index is 507. The zero-order valence-corrected chi connectivity index (χ0v) is 12.8. The van der Waals surface area contributed by atoms with Gasteiger partial charge in [0.2, 0.25) is 0 Å². The van der Waals surface area contributed by atoms with Crippen molar-refractivity contribution in [2.45, 2.75) is 31.0 Å². The molecule has 1 aromatic rings. The molecule has 3 atom stereocenters. The van der Waals surface area contributed by atoms with E-state index in [0.29, 0.717) is 12.1 Å². The summed E-state index contributed by atoms with van der Waals surface area (Å²) in [4.78, 5) is 5.33. The number of para-hydroxylation sites is 1. The fourth-order valence-electron chi connectivity index (χ4n) is 4.33. The van der Waals surface area contributed by atoms with Crippen LogP contribution in [0, 0.1) is 0 Å². The number of hydrogen-bond donors (Lipinski definition) is 1. The van der Waals surface area contributed by atoms with Gasteiger partial charge >= 0.3 is 0 Å². The van der Waals surface area contributed by atoms with E-state index in [4.69, 9.17) is 4.74 Å². The number of fused-ring (bicyclic) bond motifs is 2. The molecule has 3 aliphatic heterocycles. The average Bonchev–Trinajstić information content (AvgIpc) is 3.01. The first-order valence-corrected chi connectivity index (χ1v) is 8.24. The van der Waals surface area contributed by atoms with Gasteiger partial charge in [0, 0.05) is 31.2 Å². The van der Waals surface area contributed by atoms with Gasteiger partial charge in [0.15, 0.2) is 0 Å². The van der Waals surface area contributed by atoms with Gasteiger partial charge in [-0.2, -0.15) is 0 Å². The van der Waals surface area contributed by atoms with Gasteiger partial charge in [-0.1, -0.05) is 18.2 Å². The maximum atomic E-state index is 6.04. The van der Waals surface area contributed by atoms with E-state index in [9.17, 15) is 0 Å². The van der Waals surface area contributed by atoms with Crippen LogP contribution in [0.15, 0.2) is 24.3 Å². The highest BCUT2D eigenvalue weighted by Crippen LogP contribution is 2.35. The van der Waals surface area contributed by atoms with E-state index in [1.54, 1.807) is 0 Å². The first-order valence-electron chi connectivity index (χ1n) is 8.24. The Morgan fingerprint density at radius 3 is 2.90 bits per heavy atom. The Morgan fingerprint density at radius 2 is 2.00 bits per heavy atom. The van der Waals surface area contributed by atoms with Gasteiger partial charge in [0.1, 0.15) is 12.4 Å². The monoisotopic (exact) mass is 287 g/mol. The van der Waals surface area contributed by atoms with Crippen LogP contribution in [0.4, 0.5) is 0 Å². The molecule has 0 radical (unpaired) electrons. The van der Waals surface area contributed by atoms with Crippen LogP contribution < -0.4 is 10.1 Å². The summed E-state index contributed by atoms with van der Waals surface area (Å²) < 4.78 is 6.04. The van der Waals surface area contributed by atoms with E-state index in [-0.39, 0.29) is 0 Å². The normalized spacial score (nSPS) is 33.3. The summed E-state index contributed by atoms with van der Waals surface area (Å²) >= 11 is 0. The second kappa shape index (κ2) is 5.59. The zero-order valence-electron chi connectivity index (χ0n) is 12.8. The maximum Gasteiger partial charge on any atom is 0.124 e. The fourth-order valence-corrected chi connectivity index (χ4v) is 4.33. The molecule has 3 unspecified atom stereocenters. The van der Waals surface area contributed by atoms with Crippen molar-refractivity contribution in [2.75, 3.05) is 39.8 Å². The van der Waals surface area contributed by atoms with E-state index >= 15 is 0 Å². The summed E-state index contributed by atoms with van der Waals surface area (Å²) in [7, 11) is 2.07. The van der Waals surface area contributed by atoms with Gasteiger partial charge in [0.05, 0.1) is 12.1 Å². The molecule has 114 valence electrons. The second-order valence-corrected chi connectivity index (χ2v) is 6.51. The number of hydrogen-bond acceptors (Lipinski definition) is 4. The molecule has 3 heterocycles. The topological polar surface area (TPSA) is 27.7 Å². The molecule has 0 aromatic heterocycles. The fraction of sp³-hybridized carbons (Fsp3) is 0.647. The molecular weight excluding hydrogens is 262 g/mol. The van der Waals surface area contributed by atoms with Gasteiger partial charge in [0.25, 0.3) is 0 Å². The van der Waals surface area contributed by atoms with E-state index in [2.05, 4.69) is 46.4 Å². The smallest absolute Gasteiger partial charge is 0.124 e.